The number of carbonyl (C=O) groups is 1. The van der Waals surface area contributed by atoms with Gasteiger partial charge in [-0.15, -0.1) is 5.54 Å². The Bertz CT molecular complexity index is 538. The predicted octanol–water partition coefficient (Wildman–Crippen LogP) is 4.80. The van der Waals surface area contributed by atoms with Crippen molar-refractivity contribution in [2.24, 2.45) is 0 Å². The largest absolute Gasteiger partial charge is 0.285 e. The Balaban J connectivity index is 2.32. The van der Waals surface area contributed by atoms with Crippen LogP contribution in [0.1, 0.15) is 31.7 Å². The maximum atomic E-state index is 11.7. The molecule has 0 fully saturated rings. The molecule has 21 heavy (non-hydrogen) atoms. The van der Waals surface area contributed by atoms with Crippen LogP contribution in [0.4, 0.5) is 0 Å². The number of rotatable bonds is 6. The molecule has 0 N–H and O–H groups in total. The Kier molecular flexibility index (Phi) is 7.18. The molecule has 0 aliphatic rings. The molecule has 0 aliphatic carbocycles. The summed E-state index contributed by atoms with van der Waals surface area (Å²) >= 11 is 0. The molecule has 0 spiro atoms. The van der Waals surface area contributed by atoms with Gasteiger partial charge in [0.15, 0.2) is 0 Å². The first-order valence-corrected chi connectivity index (χ1v) is 11.1. The van der Waals surface area contributed by atoms with Gasteiger partial charge in [0, 0.05) is 6.42 Å². The Hall–Kier alpha value is -1.59. The first-order valence-electron chi connectivity index (χ1n) is 7.62. The highest BCUT2D eigenvalue weighted by molar-refractivity contribution is 6.84. The number of allylic oxidation sites excluding steroid dienone is 2. The van der Waals surface area contributed by atoms with Gasteiger partial charge in [-0.2, -0.15) is 0 Å². The number of hydrogen-bond donors (Lipinski definition) is 0. The van der Waals surface area contributed by atoms with E-state index < -0.39 is 8.07 Å². The molecule has 0 aliphatic heterocycles. The molecular weight excluding hydrogens is 272 g/mol. The molecule has 0 radical (unpaired) electrons. The van der Waals surface area contributed by atoms with E-state index in [1.807, 2.05) is 6.07 Å². The van der Waals surface area contributed by atoms with Gasteiger partial charge in [-0.1, -0.05) is 61.6 Å². The zero-order chi connectivity index (χ0) is 15.7. The van der Waals surface area contributed by atoms with Crippen LogP contribution in [-0.2, 0) is 11.2 Å². The molecule has 1 aromatic rings. The van der Waals surface area contributed by atoms with Crippen molar-refractivity contribution < 1.29 is 4.79 Å². The molecule has 1 aromatic carbocycles. The van der Waals surface area contributed by atoms with E-state index in [2.05, 4.69) is 68.4 Å². The summed E-state index contributed by atoms with van der Waals surface area (Å²) in [6.07, 6.45) is 5.71. The van der Waals surface area contributed by atoms with E-state index in [0.717, 1.165) is 19.3 Å². The number of carbonyl (C=O) groups excluding carboxylic acids is 1. The molecule has 1 nitrogen and oxygen atoms in total. The van der Waals surface area contributed by atoms with Gasteiger partial charge >= 0.3 is 0 Å². The van der Waals surface area contributed by atoms with E-state index in [0.29, 0.717) is 6.42 Å². The zero-order valence-electron chi connectivity index (χ0n) is 13.7. The smallest absolute Gasteiger partial charge is 0.205 e. The third-order valence-electron chi connectivity index (χ3n) is 3.09. The van der Waals surface area contributed by atoms with Gasteiger partial charge in [0.25, 0.3) is 0 Å². The van der Waals surface area contributed by atoms with E-state index in [1.165, 1.54) is 11.1 Å². The second-order valence-electron chi connectivity index (χ2n) is 6.50. The highest BCUT2D eigenvalue weighted by atomic mass is 28.3. The van der Waals surface area contributed by atoms with Gasteiger partial charge in [-0.3, -0.25) is 4.79 Å². The molecule has 0 saturated heterocycles. The van der Waals surface area contributed by atoms with E-state index in [1.54, 1.807) is 0 Å². The molecule has 0 saturated carbocycles. The van der Waals surface area contributed by atoms with Crippen molar-refractivity contribution >= 4 is 13.9 Å². The molecule has 0 atom stereocenters. The summed E-state index contributed by atoms with van der Waals surface area (Å²) < 4.78 is 0. The highest BCUT2D eigenvalue weighted by Crippen LogP contribution is 2.09. The van der Waals surface area contributed by atoms with E-state index in [4.69, 9.17) is 0 Å². The maximum Gasteiger partial charge on any atom is 0.205 e. The van der Waals surface area contributed by atoms with Crippen LogP contribution in [0.2, 0.25) is 19.6 Å². The second-order valence-corrected chi connectivity index (χ2v) is 11.2. The fourth-order valence-electron chi connectivity index (χ4n) is 1.86. The van der Waals surface area contributed by atoms with Crippen molar-refractivity contribution in [3.05, 3.63) is 47.5 Å². The average molecular weight is 299 g/mol. The molecule has 112 valence electrons. The summed E-state index contributed by atoms with van der Waals surface area (Å²) in [6, 6.07) is 10.5. The monoisotopic (exact) mass is 298 g/mol. The summed E-state index contributed by atoms with van der Waals surface area (Å²) in [5.74, 6) is 2.88. The predicted molar refractivity (Wildman–Crippen MR) is 93.9 cm³/mol. The molecule has 0 heterocycles. The maximum absolute atomic E-state index is 11.7. The zero-order valence-corrected chi connectivity index (χ0v) is 14.7. The summed E-state index contributed by atoms with van der Waals surface area (Å²) in [5.41, 5.74) is 5.78. The summed E-state index contributed by atoms with van der Waals surface area (Å²) in [5, 5.41) is 0. The lowest BCUT2D eigenvalue weighted by molar-refractivity contribution is -0.113. The normalized spacial score (nSPS) is 11.7. The number of aryl methyl sites for hydroxylation is 1. The Morgan fingerprint density at radius 2 is 1.81 bits per heavy atom. The number of benzene rings is 1. The Morgan fingerprint density at radius 1 is 1.14 bits per heavy atom. The Labute approximate surface area is 130 Å². The van der Waals surface area contributed by atoms with Crippen LogP contribution in [0.25, 0.3) is 0 Å². The Morgan fingerprint density at radius 3 is 2.43 bits per heavy atom. The first kappa shape index (κ1) is 17.5. The lowest BCUT2D eigenvalue weighted by atomic mass is 10.1. The summed E-state index contributed by atoms with van der Waals surface area (Å²) in [4.78, 5) is 11.7. The van der Waals surface area contributed by atoms with Gasteiger partial charge < -0.3 is 0 Å². The minimum absolute atomic E-state index is 0.0771. The quantitative estimate of drug-likeness (QED) is 0.419. The van der Waals surface area contributed by atoms with Crippen molar-refractivity contribution in [1.82, 2.24) is 0 Å². The summed E-state index contributed by atoms with van der Waals surface area (Å²) in [7, 11) is -1.43. The van der Waals surface area contributed by atoms with Crippen LogP contribution >= 0.6 is 0 Å². The second kappa shape index (κ2) is 8.64. The van der Waals surface area contributed by atoms with Crippen LogP contribution in [-0.4, -0.2) is 13.9 Å². The molecule has 2 heteroatoms. The van der Waals surface area contributed by atoms with Crippen LogP contribution in [0, 0.1) is 11.5 Å². The third-order valence-corrected chi connectivity index (χ3v) is 3.97. The number of hydrogen-bond acceptors (Lipinski definition) is 1. The lowest BCUT2D eigenvalue weighted by Crippen LogP contribution is -2.17. The fraction of sp³-hybridized carbons (Fsp3) is 0.421. The van der Waals surface area contributed by atoms with Crippen LogP contribution in [0.3, 0.4) is 0 Å². The van der Waals surface area contributed by atoms with Gasteiger partial charge in [0.2, 0.25) is 5.78 Å². The fourth-order valence-corrected chi connectivity index (χ4v) is 2.38. The molecule has 0 amide bonds. The topological polar surface area (TPSA) is 17.1 Å². The van der Waals surface area contributed by atoms with Crippen molar-refractivity contribution in [2.75, 3.05) is 0 Å². The number of Topliss-reactive ketones (excluding diaryl/α,β-unsaturated/α-hetero) is 1. The first-order chi connectivity index (χ1) is 9.87. The van der Waals surface area contributed by atoms with Gasteiger partial charge in [0.1, 0.15) is 8.07 Å². The lowest BCUT2D eigenvalue weighted by Gasteiger charge is -2.03. The minimum atomic E-state index is -1.43. The van der Waals surface area contributed by atoms with Crippen LogP contribution in [0.15, 0.2) is 42.0 Å². The average Bonchev–Trinajstić information content (AvgIpc) is 2.43. The van der Waals surface area contributed by atoms with Crippen molar-refractivity contribution in [2.45, 2.75) is 52.2 Å². The van der Waals surface area contributed by atoms with E-state index in [-0.39, 0.29) is 5.78 Å². The third kappa shape index (κ3) is 9.04. The standard InChI is InChI=1S/C19H26OSi/c1-17(9-8-12-18-10-6-5-7-11-18)13-14-19(20)15-16-21(2,3)4/h5-7,9-11H,8,12-14H2,1-4H3/b17-9+. The van der Waals surface area contributed by atoms with E-state index in [9.17, 15) is 4.79 Å². The van der Waals surface area contributed by atoms with Gasteiger partial charge in [-0.05, 0) is 37.7 Å². The highest BCUT2D eigenvalue weighted by Gasteiger charge is 2.08. The molecular formula is C19H26OSi. The molecule has 0 bridgehead atoms. The minimum Gasteiger partial charge on any atom is -0.285 e. The van der Waals surface area contributed by atoms with Crippen molar-refractivity contribution in [3.63, 3.8) is 0 Å². The van der Waals surface area contributed by atoms with Crippen LogP contribution < -0.4 is 0 Å². The summed E-state index contributed by atoms with van der Waals surface area (Å²) in [6.45, 7) is 8.57. The van der Waals surface area contributed by atoms with Gasteiger partial charge in [-0.25, -0.2) is 0 Å². The van der Waals surface area contributed by atoms with Gasteiger partial charge in [0.05, 0.1) is 0 Å². The SMILES string of the molecule is C/C(=C\CCc1ccccc1)CCC(=O)C#C[Si](C)(C)C. The van der Waals surface area contributed by atoms with E-state index >= 15 is 0 Å². The molecule has 0 unspecified atom stereocenters. The van der Waals surface area contributed by atoms with Crippen molar-refractivity contribution in [1.29, 1.82) is 0 Å². The van der Waals surface area contributed by atoms with Crippen LogP contribution in [0.5, 0.6) is 0 Å². The molecule has 1 rings (SSSR count). The number of ketones is 1. The van der Waals surface area contributed by atoms with Crippen molar-refractivity contribution in [3.8, 4) is 11.5 Å². The molecule has 0 aromatic heterocycles.